The molecule has 1 amide bonds. The molecule has 0 aliphatic rings. The molecule has 2 rings (SSSR count). The number of nitrogens with zero attached hydrogens (tertiary/aromatic N) is 1. The zero-order valence-electron chi connectivity index (χ0n) is 13.0. The fourth-order valence-corrected chi connectivity index (χ4v) is 2.05. The number of carbonyl (C=O) groups is 2. The van der Waals surface area contributed by atoms with Crippen molar-refractivity contribution in [2.24, 2.45) is 0 Å². The van der Waals surface area contributed by atoms with Gasteiger partial charge >= 0.3 is 11.7 Å². The van der Waals surface area contributed by atoms with Crippen molar-refractivity contribution in [3.8, 4) is 5.75 Å². The molecule has 0 fully saturated rings. The van der Waals surface area contributed by atoms with Gasteiger partial charge in [0, 0.05) is 17.2 Å². The van der Waals surface area contributed by atoms with Crippen LogP contribution in [-0.2, 0) is 9.53 Å². The summed E-state index contributed by atoms with van der Waals surface area (Å²) < 4.78 is 10.5. The van der Waals surface area contributed by atoms with Gasteiger partial charge in [-0.1, -0.05) is 11.6 Å². The molecule has 2 aromatic rings. The second-order valence-electron chi connectivity index (χ2n) is 4.79. The largest absolute Gasteiger partial charge is 0.618 e. The van der Waals surface area contributed by atoms with Gasteiger partial charge in [0.25, 0.3) is 5.91 Å². The molecule has 24 heavy (non-hydrogen) atoms. The zero-order chi connectivity index (χ0) is 17.7. The number of aromatic nitrogens is 1. The Bertz CT molecular complexity index is 766. The van der Waals surface area contributed by atoms with Crippen molar-refractivity contribution >= 4 is 29.2 Å². The summed E-state index contributed by atoms with van der Waals surface area (Å²) in [7, 11) is 1.45. The van der Waals surface area contributed by atoms with E-state index in [2.05, 4.69) is 5.32 Å². The number of esters is 1. The summed E-state index contributed by atoms with van der Waals surface area (Å²) in [6.45, 7) is 1.39. The number of benzene rings is 1. The highest BCUT2D eigenvalue weighted by molar-refractivity contribution is 6.31. The number of hydrogen-bond acceptors (Lipinski definition) is 5. The summed E-state index contributed by atoms with van der Waals surface area (Å²) in [4.78, 5) is 24.1. The Morgan fingerprint density at radius 1 is 1.29 bits per heavy atom. The quantitative estimate of drug-likeness (QED) is 0.507. The fourth-order valence-electron chi connectivity index (χ4n) is 1.87. The van der Waals surface area contributed by atoms with Crippen molar-refractivity contribution in [3.05, 3.63) is 58.5 Å². The second-order valence-corrected chi connectivity index (χ2v) is 5.23. The van der Waals surface area contributed by atoms with Gasteiger partial charge in [-0.05, 0) is 31.2 Å². The van der Waals surface area contributed by atoms with E-state index in [-0.39, 0.29) is 5.69 Å². The van der Waals surface area contributed by atoms with Crippen LogP contribution in [0.1, 0.15) is 17.4 Å². The third-order valence-electron chi connectivity index (χ3n) is 3.11. The number of methoxy groups -OCH3 is 1. The Labute approximate surface area is 143 Å². The molecule has 7 nitrogen and oxygen atoms in total. The van der Waals surface area contributed by atoms with Crippen LogP contribution in [0.5, 0.6) is 5.75 Å². The van der Waals surface area contributed by atoms with Crippen LogP contribution >= 0.6 is 11.6 Å². The maximum Gasteiger partial charge on any atom is 0.405 e. The third-order valence-corrected chi connectivity index (χ3v) is 3.34. The van der Waals surface area contributed by atoms with Gasteiger partial charge in [0.2, 0.25) is 0 Å². The van der Waals surface area contributed by atoms with E-state index < -0.39 is 18.0 Å². The molecule has 0 radical (unpaired) electrons. The van der Waals surface area contributed by atoms with Gasteiger partial charge in [0.1, 0.15) is 5.75 Å². The predicted molar refractivity (Wildman–Crippen MR) is 86.9 cm³/mol. The van der Waals surface area contributed by atoms with E-state index in [0.717, 1.165) is 6.20 Å². The standard InChI is InChI=1S/C16H15ClN2O5/c1-10(24-16(21)13-5-3-4-8-19(13)22)15(20)18-12-9-11(17)6-7-14(12)23-2/h3-10H,1-2H3,(H,18,20)/t10-/m0/s1. The first-order valence-corrected chi connectivity index (χ1v) is 7.33. The first-order valence-electron chi connectivity index (χ1n) is 6.96. The van der Waals surface area contributed by atoms with Gasteiger partial charge in [-0.25, -0.2) is 4.79 Å². The summed E-state index contributed by atoms with van der Waals surface area (Å²) in [5.41, 5.74) is 0.133. The molecule has 0 spiro atoms. The van der Waals surface area contributed by atoms with E-state index in [1.165, 1.54) is 38.3 Å². The predicted octanol–water partition coefficient (Wildman–Crippen LogP) is 2.17. The van der Waals surface area contributed by atoms with Gasteiger partial charge in [0.15, 0.2) is 12.3 Å². The van der Waals surface area contributed by atoms with Crippen LogP contribution in [0.15, 0.2) is 42.6 Å². The molecule has 1 heterocycles. The lowest BCUT2D eigenvalue weighted by Gasteiger charge is -2.15. The summed E-state index contributed by atoms with van der Waals surface area (Å²) >= 11 is 5.89. The second kappa shape index (κ2) is 7.65. The SMILES string of the molecule is COc1ccc(Cl)cc1NC(=O)[C@H](C)OC(=O)c1cccc[n+]1[O-]. The number of nitrogens with one attached hydrogen (secondary N) is 1. The molecule has 0 aliphatic heterocycles. The number of anilines is 1. The zero-order valence-corrected chi connectivity index (χ0v) is 13.7. The lowest BCUT2D eigenvalue weighted by molar-refractivity contribution is -0.608. The maximum atomic E-state index is 12.2. The Hall–Kier alpha value is -2.80. The number of pyridine rings is 1. The number of halogens is 1. The Morgan fingerprint density at radius 3 is 2.71 bits per heavy atom. The van der Waals surface area contributed by atoms with Gasteiger partial charge in [-0.15, -0.1) is 0 Å². The molecule has 0 bridgehead atoms. The minimum absolute atomic E-state index is 0.211. The number of ether oxygens (including phenoxy) is 2. The Balaban J connectivity index is 2.06. The first-order chi connectivity index (χ1) is 11.4. The minimum Gasteiger partial charge on any atom is -0.618 e. The van der Waals surface area contributed by atoms with E-state index in [1.54, 1.807) is 12.1 Å². The topological polar surface area (TPSA) is 91.6 Å². The van der Waals surface area contributed by atoms with E-state index in [9.17, 15) is 14.8 Å². The maximum absolute atomic E-state index is 12.2. The molecule has 1 N–H and O–H groups in total. The Kier molecular flexibility index (Phi) is 5.59. The molecule has 1 aromatic carbocycles. The highest BCUT2D eigenvalue weighted by Gasteiger charge is 2.24. The molecule has 1 aromatic heterocycles. The molecule has 0 aliphatic carbocycles. The molecule has 1 atom stereocenters. The van der Waals surface area contributed by atoms with Crippen molar-refractivity contribution in [2.75, 3.05) is 12.4 Å². The Morgan fingerprint density at radius 2 is 2.04 bits per heavy atom. The van der Waals surface area contributed by atoms with Crippen LogP contribution in [0.25, 0.3) is 0 Å². The normalized spacial score (nSPS) is 11.5. The number of rotatable bonds is 5. The minimum atomic E-state index is -1.12. The van der Waals surface area contributed by atoms with Crippen molar-refractivity contribution < 1.29 is 23.8 Å². The van der Waals surface area contributed by atoms with E-state index >= 15 is 0 Å². The average molecular weight is 351 g/mol. The number of carbonyl (C=O) groups excluding carboxylic acids is 2. The van der Waals surface area contributed by atoms with Crippen LogP contribution in [0, 0.1) is 5.21 Å². The number of hydrogen-bond donors (Lipinski definition) is 1. The number of amides is 1. The highest BCUT2D eigenvalue weighted by Crippen LogP contribution is 2.27. The van der Waals surface area contributed by atoms with Crippen LogP contribution in [0.4, 0.5) is 5.69 Å². The van der Waals surface area contributed by atoms with Crippen molar-refractivity contribution in [2.45, 2.75) is 13.0 Å². The third kappa shape index (κ3) is 4.14. The van der Waals surface area contributed by atoms with Crippen molar-refractivity contribution in [3.63, 3.8) is 0 Å². The van der Waals surface area contributed by atoms with Crippen molar-refractivity contribution in [1.29, 1.82) is 0 Å². The monoisotopic (exact) mass is 350 g/mol. The lowest BCUT2D eigenvalue weighted by atomic mass is 10.2. The summed E-state index contributed by atoms with van der Waals surface area (Å²) in [5.74, 6) is -1.07. The van der Waals surface area contributed by atoms with Crippen LogP contribution < -0.4 is 14.8 Å². The molecular formula is C16H15ClN2O5. The van der Waals surface area contributed by atoms with Gasteiger partial charge in [-0.3, -0.25) is 4.79 Å². The van der Waals surface area contributed by atoms with E-state index in [0.29, 0.717) is 21.2 Å². The van der Waals surface area contributed by atoms with Crippen LogP contribution in [0.2, 0.25) is 5.02 Å². The molecule has 0 saturated heterocycles. The van der Waals surface area contributed by atoms with Crippen LogP contribution in [-0.4, -0.2) is 25.1 Å². The van der Waals surface area contributed by atoms with Crippen LogP contribution in [0.3, 0.4) is 0 Å². The van der Waals surface area contributed by atoms with Gasteiger partial charge in [-0.2, -0.15) is 4.73 Å². The lowest BCUT2D eigenvalue weighted by Crippen LogP contribution is -2.37. The van der Waals surface area contributed by atoms with Gasteiger partial charge < -0.3 is 20.0 Å². The summed E-state index contributed by atoms with van der Waals surface area (Å²) in [6, 6.07) is 9.02. The van der Waals surface area contributed by atoms with E-state index in [4.69, 9.17) is 21.1 Å². The molecule has 126 valence electrons. The average Bonchev–Trinajstić information content (AvgIpc) is 2.55. The van der Waals surface area contributed by atoms with E-state index in [1.807, 2.05) is 0 Å². The van der Waals surface area contributed by atoms with Crippen molar-refractivity contribution in [1.82, 2.24) is 0 Å². The molecule has 0 unspecified atom stereocenters. The summed E-state index contributed by atoms with van der Waals surface area (Å²) in [5, 5.41) is 14.5. The van der Waals surface area contributed by atoms with Gasteiger partial charge in [0.05, 0.1) is 12.8 Å². The fraction of sp³-hybridized carbons (Fsp3) is 0.188. The summed E-state index contributed by atoms with van der Waals surface area (Å²) in [6.07, 6.45) is 0.0411. The highest BCUT2D eigenvalue weighted by atomic mass is 35.5. The molecule has 8 heteroatoms. The smallest absolute Gasteiger partial charge is 0.405 e. The first kappa shape index (κ1) is 17.6. The molecule has 0 saturated carbocycles. The molecular weight excluding hydrogens is 336 g/mol.